The Hall–Kier alpha value is -1.52. The van der Waals surface area contributed by atoms with Crippen LogP contribution in [0.3, 0.4) is 0 Å². The maximum absolute atomic E-state index is 13.4. The van der Waals surface area contributed by atoms with Gasteiger partial charge in [-0.3, -0.25) is 0 Å². The number of nitrogens with zero attached hydrogens (tertiary/aromatic N) is 3. The van der Waals surface area contributed by atoms with Crippen LogP contribution in [0.5, 0.6) is 0 Å². The summed E-state index contributed by atoms with van der Waals surface area (Å²) in [5.41, 5.74) is 0.144. The summed E-state index contributed by atoms with van der Waals surface area (Å²) in [5, 5.41) is 0. The second-order valence-corrected chi connectivity index (χ2v) is 10.0. The van der Waals surface area contributed by atoms with Gasteiger partial charge >= 0.3 is 11.4 Å². The second-order valence-electron chi connectivity index (χ2n) is 10.0. The molecule has 0 spiro atoms. The molecule has 7 rings (SSSR count). The average molecular weight is 341 g/mol. The van der Waals surface area contributed by atoms with E-state index in [1.165, 1.54) is 19.3 Å². The van der Waals surface area contributed by atoms with Gasteiger partial charge in [0.15, 0.2) is 0 Å². The van der Waals surface area contributed by atoms with E-state index in [1.807, 2.05) is 9.36 Å². The van der Waals surface area contributed by atoms with Crippen molar-refractivity contribution in [3.05, 3.63) is 33.1 Å². The molecule has 1 aromatic rings. The minimum atomic E-state index is -0.0516. The maximum Gasteiger partial charge on any atom is 0.348 e. The number of allylic oxidation sites excluding steroid dienone is 2. The van der Waals surface area contributed by atoms with Crippen molar-refractivity contribution in [2.24, 2.45) is 28.6 Å². The summed E-state index contributed by atoms with van der Waals surface area (Å²) in [4.78, 5) is 26.8. The Morgan fingerprint density at radius 1 is 0.920 bits per heavy atom. The van der Waals surface area contributed by atoms with Gasteiger partial charge in [-0.1, -0.05) is 32.9 Å². The molecule has 0 aromatic carbocycles. The third-order valence-corrected chi connectivity index (χ3v) is 9.43. The molecule has 3 saturated carbocycles. The normalized spacial score (nSPS) is 47.6. The molecular weight excluding hydrogens is 314 g/mol. The molecule has 0 radical (unpaired) electrons. The van der Waals surface area contributed by atoms with Gasteiger partial charge in [-0.05, 0) is 60.7 Å². The number of hydrogen-bond acceptors (Lipinski definition) is 2. The van der Waals surface area contributed by atoms with Gasteiger partial charge in [0.1, 0.15) is 0 Å². The zero-order valence-electron chi connectivity index (χ0n) is 15.3. The van der Waals surface area contributed by atoms with Crippen molar-refractivity contribution >= 4 is 0 Å². The SMILES string of the molecule is CC1(C)[C@@H]2CC[C@]1(C)[C@H](n1c(=O)n3n(c1=O)[C@@H]1C=C[C@@H]3[C@H]3CC[C@@H]31)C2. The van der Waals surface area contributed by atoms with Gasteiger partial charge in [-0.25, -0.2) is 23.5 Å². The molecule has 4 bridgehead atoms. The van der Waals surface area contributed by atoms with Gasteiger partial charge in [0, 0.05) is 6.04 Å². The van der Waals surface area contributed by atoms with Crippen LogP contribution >= 0.6 is 0 Å². The molecular formula is C20H27N3O2. The van der Waals surface area contributed by atoms with Crippen LogP contribution in [0.15, 0.2) is 21.7 Å². The topological polar surface area (TPSA) is 48.9 Å². The maximum atomic E-state index is 13.4. The van der Waals surface area contributed by atoms with Gasteiger partial charge in [-0.2, -0.15) is 0 Å². The molecule has 25 heavy (non-hydrogen) atoms. The highest BCUT2D eigenvalue weighted by Gasteiger charge is 2.63. The van der Waals surface area contributed by atoms with Crippen molar-refractivity contribution < 1.29 is 0 Å². The number of aromatic nitrogens is 3. The standard InChI is InChI=1S/C20H27N3O2/c1-19(2)11-8-9-20(19,3)16(10-11)21-17(24)22-14-6-7-15(23(22)18(21)25)13-5-4-12(13)14/h6-7,11-16H,4-5,8-10H2,1-3H3/t11-,12+,13+,14-,15-,16-,20-/m1/s1. The lowest BCUT2D eigenvalue weighted by molar-refractivity contribution is 0.0154. The second kappa shape index (κ2) is 4.07. The average Bonchev–Trinajstić information content (AvgIpc) is 3.00. The summed E-state index contributed by atoms with van der Waals surface area (Å²) in [6.07, 6.45) is 10.1. The van der Waals surface area contributed by atoms with E-state index >= 15 is 0 Å². The zero-order chi connectivity index (χ0) is 17.3. The highest BCUT2D eigenvalue weighted by atomic mass is 16.2. The molecule has 6 aliphatic rings. The molecule has 0 unspecified atom stereocenters. The molecule has 3 fully saturated rings. The molecule has 2 aliphatic heterocycles. The Morgan fingerprint density at radius 3 is 1.88 bits per heavy atom. The first-order chi connectivity index (χ1) is 11.9. The van der Waals surface area contributed by atoms with Gasteiger partial charge in [0.2, 0.25) is 0 Å². The molecule has 7 atom stereocenters. The molecule has 0 saturated heterocycles. The minimum absolute atomic E-state index is 0.0458. The minimum Gasteiger partial charge on any atom is -0.246 e. The summed E-state index contributed by atoms with van der Waals surface area (Å²) in [6, 6.07) is 0.262. The molecule has 5 nitrogen and oxygen atoms in total. The van der Waals surface area contributed by atoms with Crippen molar-refractivity contribution in [1.82, 2.24) is 13.9 Å². The highest BCUT2D eigenvalue weighted by Crippen LogP contribution is 2.69. The van der Waals surface area contributed by atoms with Crippen LogP contribution in [-0.2, 0) is 0 Å². The molecule has 1 aromatic heterocycles. The fourth-order valence-electron chi connectivity index (χ4n) is 7.29. The van der Waals surface area contributed by atoms with E-state index in [-0.39, 0.29) is 40.3 Å². The van der Waals surface area contributed by atoms with Crippen molar-refractivity contribution in [2.45, 2.75) is 71.0 Å². The predicted octanol–water partition coefficient (Wildman–Crippen LogP) is 2.89. The summed E-state index contributed by atoms with van der Waals surface area (Å²) in [7, 11) is 0. The highest BCUT2D eigenvalue weighted by molar-refractivity contribution is 5.19. The summed E-state index contributed by atoms with van der Waals surface area (Å²) in [6.45, 7) is 7.00. The fraction of sp³-hybridized carbons (Fsp3) is 0.800. The molecule has 5 heteroatoms. The van der Waals surface area contributed by atoms with Crippen LogP contribution < -0.4 is 11.4 Å². The van der Waals surface area contributed by atoms with Crippen LogP contribution in [0.2, 0.25) is 0 Å². The quantitative estimate of drug-likeness (QED) is 0.738. The summed E-state index contributed by atoms with van der Waals surface area (Å²) in [5.74, 6) is 1.76. The summed E-state index contributed by atoms with van der Waals surface area (Å²) < 4.78 is 5.30. The van der Waals surface area contributed by atoms with E-state index < -0.39 is 0 Å². The van der Waals surface area contributed by atoms with Crippen LogP contribution in [-0.4, -0.2) is 13.9 Å². The Morgan fingerprint density at radius 2 is 1.48 bits per heavy atom. The molecule has 0 N–H and O–H groups in total. The number of fused-ring (bicyclic) bond motifs is 2. The van der Waals surface area contributed by atoms with Crippen LogP contribution in [0.25, 0.3) is 0 Å². The molecule has 0 amide bonds. The van der Waals surface area contributed by atoms with Gasteiger partial charge in [0.05, 0.1) is 12.1 Å². The van der Waals surface area contributed by atoms with Crippen molar-refractivity contribution in [3.63, 3.8) is 0 Å². The smallest absolute Gasteiger partial charge is 0.246 e. The van der Waals surface area contributed by atoms with E-state index in [0.29, 0.717) is 17.8 Å². The first-order valence-electron chi connectivity index (χ1n) is 10.00. The Labute approximate surface area is 147 Å². The van der Waals surface area contributed by atoms with Crippen LogP contribution in [0.4, 0.5) is 0 Å². The van der Waals surface area contributed by atoms with E-state index in [2.05, 4.69) is 32.9 Å². The summed E-state index contributed by atoms with van der Waals surface area (Å²) >= 11 is 0. The van der Waals surface area contributed by atoms with E-state index in [9.17, 15) is 9.59 Å². The first-order valence-corrected chi connectivity index (χ1v) is 10.00. The van der Waals surface area contributed by atoms with E-state index in [1.54, 1.807) is 4.57 Å². The van der Waals surface area contributed by atoms with Crippen LogP contribution in [0, 0.1) is 28.6 Å². The lowest BCUT2D eigenvalue weighted by Crippen LogP contribution is -2.52. The molecule has 3 heterocycles. The fourth-order valence-corrected chi connectivity index (χ4v) is 7.29. The first kappa shape index (κ1) is 14.6. The monoisotopic (exact) mass is 341 g/mol. The van der Waals surface area contributed by atoms with Crippen molar-refractivity contribution in [2.75, 3.05) is 0 Å². The largest absolute Gasteiger partial charge is 0.348 e. The Kier molecular flexibility index (Phi) is 2.38. The Bertz CT molecular complexity index is 880. The number of rotatable bonds is 1. The lowest BCUT2D eigenvalue weighted by Gasteiger charge is -2.52. The number of hydrogen-bond donors (Lipinski definition) is 0. The van der Waals surface area contributed by atoms with Crippen molar-refractivity contribution in [3.8, 4) is 0 Å². The van der Waals surface area contributed by atoms with E-state index in [4.69, 9.17) is 0 Å². The third-order valence-electron chi connectivity index (χ3n) is 9.43. The molecule has 134 valence electrons. The van der Waals surface area contributed by atoms with Crippen LogP contribution in [0.1, 0.15) is 71.0 Å². The van der Waals surface area contributed by atoms with E-state index in [0.717, 1.165) is 12.8 Å². The van der Waals surface area contributed by atoms with Crippen molar-refractivity contribution in [1.29, 1.82) is 0 Å². The van der Waals surface area contributed by atoms with Gasteiger partial charge in [0.25, 0.3) is 0 Å². The van der Waals surface area contributed by atoms with Gasteiger partial charge in [-0.15, -0.1) is 0 Å². The third kappa shape index (κ3) is 1.35. The molecule has 4 aliphatic carbocycles. The van der Waals surface area contributed by atoms with Gasteiger partial charge < -0.3 is 0 Å². The predicted molar refractivity (Wildman–Crippen MR) is 94.6 cm³/mol. The zero-order valence-corrected chi connectivity index (χ0v) is 15.3. The Balaban J connectivity index is 1.56. The lowest BCUT2D eigenvalue weighted by atomic mass is 9.62.